The maximum atomic E-state index is 12.1. The topological polar surface area (TPSA) is 111 Å². The molecule has 110 valence electrons. The Balaban J connectivity index is 2.24. The fourth-order valence-corrected chi connectivity index (χ4v) is 2.15. The Morgan fingerprint density at radius 1 is 1.45 bits per heavy atom. The number of rotatable bonds is 3. The van der Waals surface area contributed by atoms with Crippen LogP contribution in [0.2, 0.25) is 0 Å². The second-order valence-corrected chi connectivity index (χ2v) is 4.43. The van der Waals surface area contributed by atoms with Gasteiger partial charge >= 0.3 is 17.7 Å². The first kappa shape index (κ1) is 14.3. The predicted octanol–water partition coefficient (Wildman–Crippen LogP) is -1.53. The average Bonchev–Trinajstić information content (AvgIpc) is 2.94. The zero-order chi connectivity index (χ0) is 14.9. The molecule has 2 atom stereocenters. The molecule has 2 saturated heterocycles. The molecule has 2 aliphatic rings. The van der Waals surface area contributed by atoms with Crippen molar-refractivity contribution in [3.8, 4) is 0 Å². The van der Waals surface area contributed by atoms with Gasteiger partial charge in [-0.05, 0) is 0 Å². The van der Waals surface area contributed by atoms with Crippen LogP contribution in [0.25, 0.3) is 0 Å². The Morgan fingerprint density at radius 3 is 2.65 bits per heavy atom. The molecule has 20 heavy (non-hydrogen) atoms. The smallest absolute Gasteiger partial charge is 0.374 e. The van der Waals surface area contributed by atoms with Crippen LogP contribution in [0.15, 0.2) is 0 Å². The summed E-state index contributed by atoms with van der Waals surface area (Å²) < 4.78 is 9.55. The molecule has 1 unspecified atom stereocenters. The molecule has 0 aromatic carbocycles. The molecule has 2 rings (SSSR count). The van der Waals surface area contributed by atoms with Crippen LogP contribution in [0.3, 0.4) is 0 Å². The molecule has 1 N–H and O–H groups in total. The highest BCUT2D eigenvalue weighted by Gasteiger charge is 2.59. The van der Waals surface area contributed by atoms with Crippen LogP contribution >= 0.6 is 0 Å². The molecule has 0 aromatic rings. The van der Waals surface area contributed by atoms with E-state index in [0.717, 1.165) is 7.11 Å². The lowest BCUT2D eigenvalue weighted by Gasteiger charge is -2.31. The molecule has 9 heteroatoms. The SMILES string of the molecule is COC(=O)C1(N2OC[C@@H](NC(C)=O)C2=O)CCC(=O)O1. The van der Waals surface area contributed by atoms with Gasteiger partial charge in [-0.25, -0.2) is 4.79 Å². The van der Waals surface area contributed by atoms with Crippen molar-refractivity contribution in [3.63, 3.8) is 0 Å². The minimum absolute atomic E-state index is 0.0347. The molecule has 2 aliphatic heterocycles. The van der Waals surface area contributed by atoms with Crippen molar-refractivity contribution in [2.45, 2.75) is 31.5 Å². The minimum Gasteiger partial charge on any atom is -0.465 e. The van der Waals surface area contributed by atoms with E-state index >= 15 is 0 Å². The van der Waals surface area contributed by atoms with Crippen molar-refractivity contribution in [1.29, 1.82) is 0 Å². The number of hydrogen-bond acceptors (Lipinski definition) is 7. The monoisotopic (exact) mass is 286 g/mol. The molecule has 0 saturated carbocycles. The zero-order valence-corrected chi connectivity index (χ0v) is 11.0. The highest BCUT2D eigenvalue weighted by Crippen LogP contribution is 2.34. The molecule has 2 fully saturated rings. The largest absolute Gasteiger partial charge is 0.465 e. The third kappa shape index (κ3) is 2.20. The standard InChI is InChI=1S/C11H14N2O7/c1-6(14)12-7-5-19-13(9(7)16)11(10(17)18-2)4-3-8(15)20-11/h7H,3-5H2,1-2H3,(H,12,14)/t7-,11?/m1/s1. The number of esters is 2. The van der Waals surface area contributed by atoms with E-state index in [1.807, 2.05) is 0 Å². The van der Waals surface area contributed by atoms with Gasteiger partial charge in [0.15, 0.2) is 0 Å². The second kappa shape index (κ2) is 5.08. The van der Waals surface area contributed by atoms with Crippen molar-refractivity contribution in [2.24, 2.45) is 0 Å². The van der Waals surface area contributed by atoms with E-state index in [1.165, 1.54) is 6.92 Å². The Labute approximate surface area is 114 Å². The Morgan fingerprint density at radius 2 is 2.15 bits per heavy atom. The van der Waals surface area contributed by atoms with Gasteiger partial charge in [0.1, 0.15) is 12.6 Å². The van der Waals surface area contributed by atoms with Crippen LogP contribution in [-0.2, 0) is 33.5 Å². The van der Waals surface area contributed by atoms with Gasteiger partial charge in [0.2, 0.25) is 5.91 Å². The van der Waals surface area contributed by atoms with Crippen molar-refractivity contribution in [2.75, 3.05) is 13.7 Å². The van der Waals surface area contributed by atoms with Crippen molar-refractivity contribution < 1.29 is 33.5 Å². The van der Waals surface area contributed by atoms with E-state index in [9.17, 15) is 19.2 Å². The van der Waals surface area contributed by atoms with E-state index in [0.29, 0.717) is 5.06 Å². The molecule has 2 heterocycles. The number of ether oxygens (including phenoxy) is 2. The van der Waals surface area contributed by atoms with Crippen LogP contribution in [0, 0.1) is 0 Å². The highest BCUT2D eigenvalue weighted by atomic mass is 16.8. The third-order valence-corrected chi connectivity index (χ3v) is 3.03. The number of carbonyl (C=O) groups is 4. The maximum absolute atomic E-state index is 12.1. The molecular weight excluding hydrogens is 272 g/mol. The fraction of sp³-hybridized carbons (Fsp3) is 0.636. The summed E-state index contributed by atoms with van der Waals surface area (Å²) in [7, 11) is 1.11. The Kier molecular flexibility index (Phi) is 3.62. The summed E-state index contributed by atoms with van der Waals surface area (Å²) >= 11 is 0. The van der Waals surface area contributed by atoms with Crippen LogP contribution in [-0.4, -0.2) is 54.3 Å². The highest BCUT2D eigenvalue weighted by molar-refractivity contribution is 5.94. The Bertz CT molecular complexity index is 477. The van der Waals surface area contributed by atoms with Crippen LogP contribution in [0.5, 0.6) is 0 Å². The van der Waals surface area contributed by atoms with Crippen molar-refractivity contribution in [1.82, 2.24) is 10.4 Å². The summed E-state index contributed by atoms with van der Waals surface area (Å²) in [6.07, 6.45) is -0.0932. The van der Waals surface area contributed by atoms with Gasteiger partial charge in [0, 0.05) is 13.3 Å². The van der Waals surface area contributed by atoms with E-state index in [4.69, 9.17) is 9.57 Å². The lowest BCUT2D eigenvalue weighted by molar-refractivity contribution is -0.258. The van der Waals surface area contributed by atoms with E-state index < -0.39 is 35.5 Å². The maximum Gasteiger partial charge on any atom is 0.374 e. The lowest BCUT2D eigenvalue weighted by Crippen LogP contribution is -2.57. The Hall–Kier alpha value is -2.16. The van der Waals surface area contributed by atoms with Gasteiger partial charge in [-0.2, -0.15) is 5.06 Å². The molecule has 2 amide bonds. The van der Waals surface area contributed by atoms with E-state index in [1.54, 1.807) is 0 Å². The van der Waals surface area contributed by atoms with Crippen LogP contribution < -0.4 is 5.32 Å². The van der Waals surface area contributed by atoms with E-state index in [2.05, 4.69) is 10.1 Å². The molecular formula is C11H14N2O7. The van der Waals surface area contributed by atoms with Gasteiger partial charge in [0.25, 0.3) is 5.91 Å². The van der Waals surface area contributed by atoms with Crippen LogP contribution in [0.1, 0.15) is 19.8 Å². The molecule has 0 aliphatic carbocycles. The first-order chi connectivity index (χ1) is 9.40. The second-order valence-electron chi connectivity index (χ2n) is 4.43. The summed E-state index contributed by atoms with van der Waals surface area (Å²) in [6, 6.07) is -0.923. The van der Waals surface area contributed by atoms with E-state index in [-0.39, 0.29) is 19.4 Å². The first-order valence-electron chi connectivity index (χ1n) is 5.95. The number of nitrogens with zero attached hydrogens (tertiary/aromatic N) is 1. The first-order valence-corrected chi connectivity index (χ1v) is 5.95. The summed E-state index contributed by atoms with van der Waals surface area (Å²) in [6.45, 7) is 1.11. The zero-order valence-electron chi connectivity index (χ0n) is 11.0. The lowest BCUT2D eigenvalue weighted by atomic mass is 10.1. The van der Waals surface area contributed by atoms with Crippen molar-refractivity contribution in [3.05, 3.63) is 0 Å². The van der Waals surface area contributed by atoms with Gasteiger partial charge < -0.3 is 14.8 Å². The van der Waals surface area contributed by atoms with Gasteiger partial charge in [-0.15, -0.1) is 0 Å². The fourth-order valence-electron chi connectivity index (χ4n) is 2.15. The summed E-state index contributed by atoms with van der Waals surface area (Å²) in [5.41, 5.74) is -1.91. The van der Waals surface area contributed by atoms with Crippen molar-refractivity contribution >= 4 is 23.8 Å². The quantitative estimate of drug-likeness (QED) is 0.626. The number of methoxy groups -OCH3 is 1. The number of hydrogen-bond donors (Lipinski definition) is 1. The average molecular weight is 286 g/mol. The van der Waals surface area contributed by atoms with Gasteiger partial charge in [-0.3, -0.25) is 19.2 Å². The molecule has 0 aromatic heterocycles. The summed E-state index contributed by atoms with van der Waals surface area (Å²) in [5.74, 6) is -2.61. The predicted molar refractivity (Wildman–Crippen MR) is 60.5 cm³/mol. The molecule has 9 nitrogen and oxygen atoms in total. The number of amides is 2. The number of carbonyl (C=O) groups excluding carboxylic acids is 4. The number of cyclic esters (lactones) is 1. The van der Waals surface area contributed by atoms with Gasteiger partial charge in [-0.1, -0.05) is 0 Å². The number of hydroxylamine groups is 2. The molecule has 0 radical (unpaired) electrons. The summed E-state index contributed by atoms with van der Waals surface area (Å²) in [5, 5.41) is 3.07. The van der Waals surface area contributed by atoms with Crippen LogP contribution in [0.4, 0.5) is 0 Å². The number of nitrogens with one attached hydrogen (secondary N) is 1. The van der Waals surface area contributed by atoms with Gasteiger partial charge in [0.05, 0.1) is 13.5 Å². The molecule has 0 bridgehead atoms. The molecule has 0 spiro atoms. The summed E-state index contributed by atoms with van der Waals surface area (Å²) in [4.78, 5) is 51.4. The third-order valence-electron chi connectivity index (χ3n) is 3.03. The minimum atomic E-state index is -1.91. The normalized spacial score (nSPS) is 29.3.